The summed E-state index contributed by atoms with van der Waals surface area (Å²) in [7, 11) is 0. The van der Waals surface area contributed by atoms with E-state index in [0.717, 1.165) is 0 Å². The molecule has 0 aliphatic carbocycles. The van der Waals surface area contributed by atoms with Crippen molar-refractivity contribution in [2.75, 3.05) is 6.54 Å². The molecule has 3 nitrogen and oxygen atoms in total. The summed E-state index contributed by atoms with van der Waals surface area (Å²) in [6.07, 6.45) is -2.56. The second-order valence-electron chi connectivity index (χ2n) is 3.04. The minimum atomic E-state index is -2.54. The van der Waals surface area contributed by atoms with Crippen LogP contribution in [-0.4, -0.2) is 24.0 Å². The van der Waals surface area contributed by atoms with Crippen LogP contribution in [0, 0.1) is 0 Å². The first-order chi connectivity index (χ1) is 7.08. The van der Waals surface area contributed by atoms with Gasteiger partial charge in [-0.3, -0.25) is 4.79 Å². The maximum Gasteiger partial charge on any atom is 0.255 e. The monoisotopic (exact) mass is 215 g/mol. The van der Waals surface area contributed by atoms with E-state index in [-0.39, 0.29) is 12.2 Å². The van der Waals surface area contributed by atoms with Gasteiger partial charge in [0.25, 0.3) is 6.43 Å². The lowest BCUT2D eigenvalue weighted by Gasteiger charge is -2.04. The number of phenolic OH excluding ortho intramolecular Hbond substituents is 1. The van der Waals surface area contributed by atoms with Gasteiger partial charge in [-0.05, 0) is 17.7 Å². The molecule has 15 heavy (non-hydrogen) atoms. The second-order valence-corrected chi connectivity index (χ2v) is 3.04. The number of carbonyl (C=O) groups is 1. The average Bonchev–Trinajstić information content (AvgIpc) is 2.15. The van der Waals surface area contributed by atoms with Crippen molar-refractivity contribution in [2.45, 2.75) is 12.8 Å². The van der Waals surface area contributed by atoms with E-state index in [4.69, 9.17) is 5.11 Å². The van der Waals surface area contributed by atoms with Crippen LogP contribution in [0.15, 0.2) is 24.3 Å². The molecule has 0 saturated heterocycles. The number of aromatic hydroxyl groups is 1. The Balaban J connectivity index is 2.44. The highest BCUT2D eigenvalue weighted by Crippen LogP contribution is 2.11. The van der Waals surface area contributed by atoms with Crippen molar-refractivity contribution in [1.29, 1.82) is 0 Å². The highest BCUT2D eigenvalue weighted by molar-refractivity contribution is 5.78. The van der Waals surface area contributed by atoms with Gasteiger partial charge in [-0.2, -0.15) is 0 Å². The number of halogens is 2. The molecule has 0 unspecified atom stereocenters. The van der Waals surface area contributed by atoms with E-state index < -0.39 is 18.9 Å². The van der Waals surface area contributed by atoms with E-state index in [1.165, 1.54) is 12.1 Å². The lowest BCUT2D eigenvalue weighted by Crippen LogP contribution is -2.29. The van der Waals surface area contributed by atoms with E-state index in [0.29, 0.717) is 5.56 Å². The second kappa shape index (κ2) is 5.29. The van der Waals surface area contributed by atoms with Crippen LogP contribution in [0.5, 0.6) is 5.75 Å². The molecule has 1 amide bonds. The van der Waals surface area contributed by atoms with Crippen molar-refractivity contribution in [3.05, 3.63) is 29.8 Å². The van der Waals surface area contributed by atoms with Crippen molar-refractivity contribution in [2.24, 2.45) is 0 Å². The van der Waals surface area contributed by atoms with E-state index in [9.17, 15) is 13.6 Å². The summed E-state index contributed by atoms with van der Waals surface area (Å²) in [5.41, 5.74) is 0.585. The fourth-order valence-electron chi connectivity index (χ4n) is 1.11. The number of carbonyl (C=O) groups excluding carboxylic acids is 1. The van der Waals surface area contributed by atoms with Crippen LogP contribution in [0.25, 0.3) is 0 Å². The van der Waals surface area contributed by atoms with E-state index in [1.807, 2.05) is 0 Å². The van der Waals surface area contributed by atoms with Gasteiger partial charge in [0.05, 0.1) is 13.0 Å². The van der Waals surface area contributed by atoms with Gasteiger partial charge in [-0.15, -0.1) is 0 Å². The van der Waals surface area contributed by atoms with Crippen LogP contribution in [0.1, 0.15) is 5.56 Å². The quantitative estimate of drug-likeness (QED) is 0.795. The topological polar surface area (TPSA) is 49.3 Å². The third-order valence-electron chi connectivity index (χ3n) is 1.73. The molecule has 0 atom stereocenters. The number of amides is 1. The summed E-state index contributed by atoms with van der Waals surface area (Å²) < 4.78 is 23.5. The van der Waals surface area contributed by atoms with Crippen LogP contribution in [0.4, 0.5) is 8.78 Å². The molecule has 0 saturated carbocycles. The molecular weight excluding hydrogens is 204 g/mol. The highest BCUT2D eigenvalue weighted by atomic mass is 19.3. The number of phenols is 1. The molecular formula is C10H11F2NO2. The van der Waals surface area contributed by atoms with Crippen LogP contribution in [-0.2, 0) is 11.2 Å². The van der Waals surface area contributed by atoms with Crippen LogP contribution in [0.3, 0.4) is 0 Å². The summed E-state index contributed by atoms with van der Waals surface area (Å²) in [5, 5.41) is 11.2. The maximum absolute atomic E-state index is 11.7. The zero-order valence-corrected chi connectivity index (χ0v) is 7.91. The number of nitrogens with one attached hydrogen (secondary N) is 1. The van der Waals surface area contributed by atoms with Gasteiger partial charge in [-0.1, -0.05) is 12.1 Å². The van der Waals surface area contributed by atoms with Gasteiger partial charge < -0.3 is 10.4 Å². The third-order valence-corrected chi connectivity index (χ3v) is 1.73. The molecule has 0 aliphatic rings. The molecule has 0 radical (unpaired) electrons. The Morgan fingerprint density at radius 3 is 2.80 bits per heavy atom. The molecule has 0 aliphatic heterocycles. The average molecular weight is 215 g/mol. The molecule has 0 heterocycles. The standard InChI is InChI=1S/C10H11F2NO2/c11-9(12)6-13-10(15)5-7-2-1-3-8(14)4-7/h1-4,9,14H,5-6H2,(H,13,15). The van der Waals surface area contributed by atoms with Gasteiger partial charge in [0.2, 0.25) is 5.91 Å². The van der Waals surface area contributed by atoms with Crippen molar-refractivity contribution in [3.63, 3.8) is 0 Å². The third kappa shape index (κ3) is 4.39. The number of rotatable bonds is 4. The lowest BCUT2D eigenvalue weighted by molar-refractivity contribution is -0.121. The molecule has 0 spiro atoms. The first-order valence-electron chi connectivity index (χ1n) is 4.40. The molecule has 0 fully saturated rings. The predicted molar refractivity (Wildman–Crippen MR) is 50.8 cm³/mol. The first kappa shape index (κ1) is 11.4. The summed E-state index contributed by atoms with van der Waals surface area (Å²) in [6, 6.07) is 6.12. The zero-order chi connectivity index (χ0) is 11.3. The molecule has 5 heteroatoms. The van der Waals surface area contributed by atoms with Gasteiger partial charge in [0.1, 0.15) is 5.75 Å². The highest BCUT2D eigenvalue weighted by Gasteiger charge is 2.07. The van der Waals surface area contributed by atoms with Crippen molar-refractivity contribution in [1.82, 2.24) is 5.32 Å². The maximum atomic E-state index is 11.7. The van der Waals surface area contributed by atoms with Gasteiger partial charge in [-0.25, -0.2) is 8.78 Å². The van der Waals surface area contributed by atoms with Crippen LogP contribution < -0.4 is 5.32 Å². The SMILES string of the molecule is O=C(Cc1cccc(O)c1)NCC(F)F. The van der Waals surface area contributed by atoms with E-state index in [1.54, 1.807) is 12.1 Å². The lowest BCUT2D eigenvalue weighted by atomic mass is 10.1. The molecule has 1 rings (SSSR count). The Hall–Kier alpha value is -1.65. The van der Waals surface area contributed by atoms with Crippen molar-refractivity contribution in [3.8, 4) is 5.75 Å². The number of hydrogen-bond acceptors (Lipinski definition) is 2. The summed E-state index contributed by atoms with van der Waals surface area (Å²) in [4.78, 5) is 11.1. The molecule has 82 valence electrons. The van der Waals surface area contributed by atoms with Gasteiger partial charge >= 0.3 is 0 Å². The minimum absolute atomic E-state index is 0.0128. The van der Waals surface area contributed by atoms with Crippen molar-refractivity contribution < 1.29 is 18.7 Å². The smallest absolute Gasteiger partial charge is 0.255 e. The Bertz CT molecular complexity index is 342. The molecule has 1 aromatic rings. The Morgan fingerprint density at radius 2 is 2.20 bits per heavy atom. The van der Waals surface area contributed by atoms with Crippen LogP contribution in [0.2, 0.25) is 0 Å². The van der Waals surface area contributed by atoms with Crippen molar-refractivity contribution >= 4 is 5.91 Å². The summed E-state index contributed by atoms with van der Waals surface area (Å²) >= 11 is 0. The minimum Gasteiger partial charge on any atom is -0.508 e. The number of benzene rings is 1. The number of alkyl halides is 2. The Kier molecular flexibility index (Phi) is 4.03. The van der Waals surface area contributed by atoms with E-state index >= 15 is 0 Å². The summed E-state index contributed by atoms with van der Waals surface area (Å²) in [5.74, 6) is -0.435. The van der Waals surface area contributed by atoms with Gasteiger partial charge in [0, 0.05) is 0 Å². The fourth-order valence-corrected chi connectivity index (χ4v) is 1.11. The summed E-state index contributed by atoms with van der Waals surface area (Å²) in [6.45, 7) is -0.641. The Labute approximate surface area is 85.7 Å². The molecule has 1 aromatic carbocycles. The Morgan fingerprint density at radius 1 is 1.47 bits per heavy atom. The number of hydrogen-bond donors (Lipinski definition) is 2. The predicted octanol–water partition coefficient (Wildman–Crippen LogP) is 1.32. The fraction of sp³-hybridized carbons (Fsp3) is 0.300. The van der Waals surface area contributed by atoms with Crippen LogP contribution >= 0.6 is 0 Å². The normalized spacial score (nSPS) is 10.3. The molecule has 2 N–H and O–H groups in total. The molecule has 0 bridgehead atoms. The largest absolute Gasteiger partial charge is 0.508 e. The van der Waals surface area contributed by atoms with Gasteiger partial charge in [0.15, 0.2) is 0 Å². The first-order valence-corrected chi connectivity index (χ1v) is 4.40. The zero-order valence-electron chi connectivity index (χ0n) is 7.91. The molecule has 0 aromatic heterocycles. The van der Waals surface area contributed by atoms with E-state index in [2.05, 4.69) is 5.32 Å².